The van der Waals surface area contributed by atoms with Gasteiger partial charge in [0.05, 0.1) is 26.2 Å². The Balaban J connectivity index is 1.55. The molecule has 9 heteroatoms. The highest BCUT2D eigenvalue weighted by Gasteiger charge is 2.31. The summed E-state index contributed by atoms with van der Waals surface area (Å²) in [6, 6.07) is 21.8. The van der Waals surface area contributed by atoms with Crippen LogP contribution in [0.4, 0.5) is 16.2 Å². The average molecular weight is 561 g/mol. The van der Waals surface area contributed by atoms with E-state index in [0.29, 0.717) is 35.8 Å². The lowest BCUT2D eigenvalue weighted by Gasteiger charge is -2.34. The lowest BCUT2D eigenvalue weighted by molar-refractivity contribution is -0.134. The van der Waals surface area contributed by atoms with Crippen molar-refractivity contribution in [3.8, 4) is 11.5 Å². The predicted molar refractivity (Wildman–Crippen MR) is 160 cm³/mol. The number of benzene rings is 3. The fourth-order valence-corrected chi connectivity index (χ4v) is 4.95. The number of hydrogen-bond donors (Lipinski definition) is 3. The van der Waals surface area contributed by atoms with Gasteiger partial charge in [-0.15, -0.1) is 0 Å². The number of aliphatic hydroxyl groups is 1. The van der Waals surface area contributed by atoms with Gasteiger partial charge in [0.25, 0.3) is 0 Å². The van der Waals surface area contributed by atoms with E-state index < -0.39 is 0 Å². The van der Waals surface area contributed by atoms with Crippen LogP contribution in [0.15, 0.2) is 72.8 Å². The maximum Gasteiger partial charge on any atom is 0.323 e. The van der Waals surface area contributed by atoms with Crippen molar-refractivity contribution in [2.24, 2.45) is 5.92 Å². The van der Waals surface area contributed by atoms with Crippen molar-refractivity contribution in [1.82, 2.24) is 9.80 Å². The first-order chi connectivity index (χ1) is 19.7. The molecule has 0 spiro atoms. The van der Waals surface area contributed by atoms with Crippen LogP contribution in [0.25, 0.3) is 0 Å². The van der Waals surface area contributed by atoms with Crippen molar-refractivity contribution >= 4 is 23.3 Å². The molecule has 0 radical (unpaired) electrons. The van der Waals surface area contributed by atoms with Gasteiger partial charge in [0.15, 0.2) is 0 Å². The molecule has 9 nitrogen and oxygen atoms in total. The number of nitrogens with zero attached hydrogens (tertiary/aromatic N) is 2. The quantitative estimate of drug-likeness (QED) is 0.353. The van der Waals surface area contributed by atoms with E-state index in [-0.39, 0.29) is 43.0 Å². The molecule has 3 atom stereocenters. The number of anilines is 2. The molecule has 3 N–H and O–H groups in total. The second-order valence-electron chi connectivity index (χ2n) is 10.7. The van der Waals surface area contributed by atoms with Crippen molar-refractivity contribution in [1.29, 1.82) is 0 Å². The number of aliphatic hydroxyl groups excluding tert-OH is 1. The molecule has 1 aliphatic rings. The van der Waals surface area contributed by atoms with E-state index in [1.54, 1.807) is 36.3 Å². The highest BCUT2D eigenvalue weighted by atomic mass is 16.5. The minimum absolute atomic E-state index is 0.00771. The van der Waals surface area contributed by atoms with Crippen LogP contribution in [-0.4, -0.2) is 72.8 Å². The molecule has 3 amide bonds. The summed E-state index contributed by atoms with van der Waals surface area (Å²) >= 11 is 0. The van der Waals surface area contributed by atoms with Crippen LogP contribution in [0, 0.1) is 5.92 Å². The molecule has 0 aliphatic carbocycles. The number of likely N-dealkylation sites (N-methyl/N-ethyl adjacent to an activating group) is 1. The molecule has 3 aromatic rings. The van der Waals surface area contributed by atoms with E-state index in [2.05, 4.69) is 22.5 Å². The Bertz CT molecular complexity index is 1300. The third-order valence-electron chi connectivity index (χ3n) is 7.31. The summed E-state index contributed by atoms with van der Waals surface area (Å²) in [5, 5.41) is 15.6. The van der Waals surface area contributed by atoms with Gasteiger partial charge in [-0.1, -0.05) is 37.3 Å². The largest absolute Gasteiger partial charge is 0.497 e. The van der Waals surface area contributed by atoms with Crippen LogP contribution in [0.2, 0.25) is 0 Å². The van der Waals surface area contributed by atoms with Gasteiger partial charge in [0.1, 0.15) is 17.6 Å². The van der Waals surface area contributed by atoms with Gasteiger partial charge in [0.2, 0.25) is 5.91 Å². The smallest absolute Gasteiger partial charge is 0.323 e. The maximum atomic E-state index is 13.5. The van der Waals surface area contributed by atoms with Crippen LogP contribution in [-0.2, 0) is 17.8 Å². The zero-order valence-electron chi connectivity index (χ0n) is 24.2. The molecule has 0 unspecified atom stereocenters. The summed E-state index contributed by atoms with van der Waals surface area (Å²) in [5.41, 5.74) is 3.06. The summed E-state index contributed by atoms with van der Waals surface area (Å²) in [6.07, 6.45) is -0.132. The fourth-order valence-electron chi connectivity index (χ4n) is 4.95. The molecule has 0 saturated heterocycles. The van der Waals surface area contributed by atoms with Crippen LogP contribution < -0.4 is 20.1 Å². The molecule has 1 aliphatic heterocycles. The SMILES string of the molecule is COc1ccc(CN(C)C[C@@H]2Oc3ccc(NC(=O)Nc4ccccc4)cc3CC(=O)N([C@@H](C)CO)C[C@H]2C)cc1. The summed E-state index contributed by atoms with van der Waals surface area (Å²) in [4.78, 5) is 30.0. The number of hydrogen-bond acceptors (Lipinski definition) is 6. The molecule has 3 aromatic carbocycles. The van der Waals surface area contributed by atoms with Gasteiger partial charge in [-0.2, -0.15) is 0 Å². The first-order valence-electron chi connectivity index (χ1n) is 13.9. The van der Waals surface area contributed by atoms with Crippen molar-refractivity contribution in [3.63, 3.8) is 0 Å². The third kappa shape index (κ3) is 8.22. The number of carbonyl (C=O) groups is 2. The molecule has 0 saturated carbocycles. The Hall–Kier alpha value is -4.08. The molecular formula is C32H40N4O5. The summed E-state index contributed by atoms with van der Waals surface area (Å²) in [6.45, 7) is 5.60. The zero-order chi connectivity index (χ0) is 29.4. The van der Waals surface area contributed by atoms with E-state index >= 15 is 0 Å². The first-order valence-corrected chi connectivity index (χ1v) is 13.9. The second-order valence-corrected chi connectivity index (χ2v) is 10.7. The zero-order valence-corrected chi connectivity index (χ0v) is 24.2. The van der Waals surface area contributed by atoms with E-state index in [9.17, 15) is 14.7 Å². The number of rotatable bonds is 9. The number of nitrogens with one attached hydrogen (secondary N) is 2. The summed E-state index contributed by atoms with van der Waals surface area (Å²) in [7, 11) is 3.70. The van der Waals surface area contributed by atoms with Crippen molar-refractivity contribution in [2.45, 2.75) is 39.0 Å². The second kappa shape index (κ2) is 14.0. The van der Waals surface area contributed by atoms with E-state index in [0.717, 1.165) is 17.9 Å². The minimum atomic E-state index is -0.381. The number of fused-ring (bicyclic) bond motifs is 1. The topological polar surface area (TPSA) is 103 Å². The maximum absolute atomic E-state index is 13.5. The summed E-state index contributed by atoms with van der Waals surface area (Å²) < 4.78 is 11.9. The fraction of sp³-hybridized carbons (Fsp3) is 0.375. The standard InChI is InChI=1S/C32H40N4O5/c1-22-18-36(23(2)21-37)31(38)17-25-16-27(34-32(39)33-26-8-6-5-7-9-26)12-15-29(25)41-30(22)20-35(3)19-24-10-13-28(40-4)14-11-24/h5-16,22-23,30,37H,17-21H2,1-4H3,(H2,33,34,39)/t22-,23+,30+/m1/s1. The molecule has 1 heterocycles. The molecular weight excluding hydrogens is 520 g/mol. The molecule has 0 fully saturated rings. The van der Waals surface area contributed by atoms with Gasteiger partial charge in [-0.05, 0) is 62.0 Å². The van der Waals surface area contributed by atoms with E-state index in [4.69, 9.17) is 9.47 Å². The lowest BCUT2D eigenvalue weighted by atomic mass is 10.0. The molecule has 218 valence electrons. The van der Waals surface area contributed by atoms with Gasteiger partial charge in [-0.25, -0.2) is 4.79 Å². The van der Waals surface area contributed by atoms with Crippen LogP contribution in [0.5, 0.6) is 11.5 Å². The molecule has 0 bridgehead atoms. The van der Waals surface area contributed by atoms with Crippen LogP contribution in [0.3, 0.4) is 0 Å². The number of amides is 3. The molecule has 41 heavy (non-hydrogen) atoms. The Morgan fingerprint density at radius 1 is 1.10 bits per heavy atom. The van der Waals surface area contributed by atoms with Crippen LogP contribution >= 0.6 is 0 Å². The monoisotopic (exact) mass is 560 g/mol. The average Bonchev–Trinajstić information content (AvgIpc) is 3.01. The predicted octanol–water partition coefficient (Wildman–Crippen LogP) is 4.62. The third-order valence-corrected chi connectivity index (χ3v) is 7.31. The van der Waals surface area contributed by atoms with Crippen molar-refractivity contribution < 1.29 is 24.2 Å². The van der Waals surface area contributed by atoms with Crippen LogP contribution in [0.1, 0.15) is 25.0 Å². The minimum Gasteiger partial charge on any atom is -0.497 e. The van der Waals surface area contributed by atoms with Gasteiger partial charge in [-0.3, -0.25) is 9.69 Å². The number of urea groups is 1. The number of carbonyl (C=O) groups excluding carboxylic acids is 2. The Kier molecular flexibility index (Phi) is 10.2. The van der Waals surface area contributed by atoms with Gasteiger partial charge >= 0.3 is 6.03 Å². The Morgan fingerprint density at radius 3 is 2.49 bits per heavy atom. The first kappa shape index (κ1) is 29.9. The highest BCUT2D eigenvalue weighted by Crippen LogP contribution is 2.29. The van der Waals surface area contributed by atoms with Crippen molar-refractivity contribution in [3.05, 3.63) is 83.9 Å². The number of ether oxygens (including phenoxy) is 2. The van der Waals surface area contributed by atoms with Crippen molar-refractivity contribution in [2.75, 3.05) is 44.5 Å². The Labute approximate surface area is 242 Å². The lowest BCUT2D eigenvalue weighted by Crippen LogP contribution is -2.47. The molecule has 4 rings (SSSR count). The van der Waals surface area contributed by atoms with Gasteiger partial charge in [0, 0.05) is 42.5 Å². The van der Waals surface area contributed by atoms with E-state index in [1.165, 1.54) is 0 Å². The number of para-hydroxylation sites is 1. The van der Waals surface area contributed by atoms with Gasteiger partial charge < -0.3 is 30.1 Å². The molecule has 0 aromatic heterocycles. The normalized spacial score (nSPS) is 17.9. The highest BCUT2D eigenvalue weighted by molar-refractivity contribution is 5.99. The van der Waals surface area contributed by atoms with E-state index in [1.807, 2.05) is 62.5 Å². The summed E-state index contributed by atoms with van der Waals surface area (Å²) in [5.74, 6) is 1.32. The number of methoxy groups -OCH3 is 1. The Morgan fingerprint density at radius 2 is 1.80 bits per heavy atom.